The van der Waals surface area contributed by atoms with E-state index in [1.807, 2.05) is 32.2 Å². The first kappa shape index (κ1) is 17.1. The van der Waals surface area contributed by atoms with Crippen LogP contribution in [0.4, 0.5) is 5.95 Å². The highest BCUT2D eigenvalue weighted by molar-refractivity contribution is 9.10. The molecule has 128 valence electrons. The summed E-state index contributed by atoms with van der Waals surface area (Å²) >= 11 is 3.44. The van der Waals surface area contributed by atoms with E-state index in [4.69, 9.17) is 0 Å². The summed E-state index contributed by atoms with van der Waals surface area (Å²) in [6.45, 7) is 3.99. The molecule has 1 fully saturated rings. The van der Waals surface area contributed by atoms with Gasteiger partial charge in [0, 0.05) is 17.4 Å². The lowest BCUT2D eigenvalue weighted by Crippen LogP contribution is -2.27. The van der Waals surface area contributed by atoms with E-state index in [0.717, 1.165) is 47.4 Å². The van der Waals surface area contributed by atoms with Gasteiger partial charge in [-0.25, -0.2) is 4.68 Å². The van der Waals surface area contributed by atoms with E-state index >= 15 is 0 Å². The van der Waals surface area contributed by atoms with Gasteiger partial charge in [-0.15, -0.1) is 0 Å². The molecule has 1 saturated heterocycles. The molecule has 1 amide bonds. The molecule has 1 aliphatic heterocycles. The molecular formula is C17H22BrN5O. The van der Waals surface area contributed by atoms with Gasteiger partial charge in [-0.2, -0.15) is 10.1 Å². The molecule has 6 nitrogen and oxygen atoms in total. The van der Waals surface area contributed by atoms with Gasteiger partial charge in [0.1, 0.15) is 0 Å². The van der Waals surface area contributed by atoms with Crippen LogP contribution in [0, 0.1) is 6.92 Å². The number of carbonyl (C=O) groups excluding carboxylic acids is 1. The number of benzene rings is 1. The first-order chi connectivity index (χ1) is 11.5. The van der Waals surface area contributed by atoms with Gasteiger partial charge in [0.05, 0.1) is 6.42 Å². The average molecular weight is 392 g/mol. The molecule has 0 aliphatic carbocycles. The zero-order chi connectivity index (χ0) is 17.1. The fourth-order valence-electron chi connectivity index (χ4n) is 2.97. The number of hydrogen-bond donors (Lipinski definition) is 2. The van der Waals surface area contributed by atoms with E-state index in [1.165, 1.54) is 0 Å². The lowest BCUT2D eigenvalue weighted by molar-refractivity contribution is -0.115. The molecule has 0 spiro atoms. The Morgan fingerprint density at radius 1 is 1.42 bits per heavy atom. The minimum absolute atomic E-state index is 0.0761. The van der Waals surface area contributed by atoms with Crippen molar-refractivity contribution in [2.75, 3.05) is 18.4 Å². The van der Waals surface area contributed by atoms with E-state index in [9.17, 15) is 4.79 Å². The fraction of sp³-hybridized carbons (Fsp3) is 0.471. The Morgan fingerprint density at radius 3 is 2.88 bits per heavy atom. The molecule has 0 bridgehead atoms. The van der Waals surface area contributed by atoms with Gasteiger partial charge in [0.2, 0.25) is 11.9 Å². The average Bonchev–Trinajstić information content (AvgIpc) is 2.92. The molecule has 1 aromatic carbocycles. The Labute approximate surface area is 150 Å². The van der Waals surface area contributed by atoms with Crippen molar-refractivity contribution in [3.63, 3.8) is 0 Å². The summed E-state index contributed by atoms with van der Waals surface area (Å²) < 4.78 is 2.67. The Bertz CT molecular complexity index is 737. The lowest BCUT2D eigenvalue weighted by Gasteiger charge is -2.19. The molecule has 0 radical (unpaired) electrons. The Balaban J connectivity index is 1.66. The van der Waals surface area contributed by atoms with Crippen LogP contribution in [0.2, 0.25) is 0 Å². The number of halogens is 1. The topological polar surface area (TPSA) is 71.8 Å². The van der Waals surface area contributed by atoms with Gasteiger partial charge >= 0.3 is 0 Å². The molecule has 2 aromatic rings. The van der Waals surface area contributed by atoms with Crippen LogP contribution in [-0.2, 0) is 18.3 Å². The molecule has 2 heterocycles. The van der Waals surface area contributed by atoms with Crippen molar-refractivity contribution in [2.24, 2.45) is 7.05 Å². The number of nitrogens with one attached hydrogen (secondary N) is 2. The van der Waals surface area contributed by atoms with E-state index in [0.29, 0.717) is 18.3 Å². The number of nitrogens with zero attached hydrogens (tertiary/aromatic N) is 3. The molecule has 2 N–H and O–H groups in total. The molecule has 0 unspecified atom stereocenters. The van der Waals surface area contributed by atoms with Crippen molar-refractivity contribution < 1.29 is 4.79 Å². The third-order valence-corrected chi connectivity index (χ3v) is 4.88. The van der Waals surface area contributed by atoms with Crippen LogP contribution in [0.3, 0.4) is 0 Å². The Kier molecular flexibility index (Phi) is 5.30. The third-order valence-electron chi connectivity index (χ3n) is 4.39. The molecule has 1 aromatic heterocycles. The van der Waals surface area contributed by atoms with E-state index in [1.54, 1.807) is 4.68 Å². The third kappa shape index (κ3) is 4.02. The molecule has 7 heteroatoms. The highest BCUT2D eigenvalue weighted by Gasteiger charge is 2.21. The standard InChI is InChI=1S/C17H22BrN5O/c1-11-9-14(18)4-3-13(11)10-15(24)20-17-21-16(22-23(17)2)12-5-7-19-8-6-12/h3-4,9,12,19H,5-8,10H2,1-2H3,(H,20,21,22,24). The summed E-state index contributed by atoms with van der Waals surface area (Å²) in [6.07, 6.45) is 2.40. The Hall–Kier alpha value is -1.73. The first-order valence-electron chi connectivity index (χ1n) is 8.19. The van der Waals surface area contributed by atoms with Gasteiger partial charge in [-0.05, 0) is 56.1 Å². The quantitative estimate of drug-likeness (QED) is 0.839. The summed E-state index contributed by atoms with van der Waals surface area (Å²) in [5.41, 5.74) is 2.10. The first-order valence-corrected chi connectivity index (χ1v) is 8.99. The van der Waals surface area contributed by atoms with Crippen molar-refractivity contribution in [2.45, 2.75) is 32.1 Å². The monoisotopic (exact) mass is 391 g/mol. The maximum absolute atomic E-state index is 12.3. The lowest BCUT2D eigenvalue weighted by atomic mass is 9.98. The molecule has 0 atom stereocenters. The largest absolute Gasteiger partial charge is 0.317 e. The Morgan fingerprint density at radius 2 is 2.17 bits per heavy atom. The number of rotatable bonds is 4. The van der Waals surface area contributed by atoms with Gasteiger partial charge in [0.15, 0.2) is 5.82 Å². The second-order valence-corrected chi connectivity index (χ2v) is 7.15. The van der Waals surface area contributed by atoms with Gasteiger partial charge in [-0.1, -0.05) is 22.0 Å². The van der Waals surface area contributed by atoms with Crippen molar-refractivity contribution in [3.05, 3.63) is 39.6 Å². The number of hydrogen-bond acceptors (Lipinski definition) is 4. The zero-order valence-electron chi connectivity index (χ0n) is 14.0. The predicted molar refractivity (Wildman–Crippen MR) is 97.1 cm³/mol. The molecule has 1 aliphatic rings. The van der Waals surface area contributed by atoms with Crippen LogP contribution < -0.4 is 10.6 Å². The molecular weight excluding hydrogens is 370 g/mol. The summed E-state index contributed by atoms with van der Waals surface area (Å²) in [4.78, 5) is 16.9. The van der Waals surface area contributed by atoms with Gasteiger partial charge in [0.25, 0.3) is 0 Å². The van der Waals surface area contributed by atoms with Gasteiger partial charge < -0.3 is 5.32 Å². The minimum atomic E-state index is -0.0761. The van der Waals surface area contributed by atoms with Crippen molar-refractivity contribution in [1.82, 2.24) is 20.1 Å². The number of amides is 1. The number of anilines is 1. The smallest absolute Gasteiger partial charge is 0.231 e. The van der Waals surface area contributed by atoms with Crippen LogP contribution in [-0.4, -0.2) is 33.8 Å². The number of piperidine rings is 1. The normalized spacial score (nSPS) is 15.5. The summed E-state index contributed by atoms with van der Waals surface area (Å²) in [7, 11) is 1.82. The maximum atomic E-state index is 12.3. The molecule has 3 rings (SSSR count). The van der Waals surface area contributed by atoms with E-state index < -0.39 is 0 Å². The number of aromatic nitrogens is 3. The minimum Gasteiger partial charge on any atom is -0.317 e. The van der Waals surface area contributed by atoms with Crippen molar-refractivity contribution in [1.29, 1.82) is 0 Å². The van der Waals surface area contributed by atoms with Crippen LogP contribution in [0.15, 0.2) is 22.7 Å². The van der Waals surface area contributed by atoms with E-state index in [2.05, 4.69) is 36.6 Å². The second-order valence-electron chi connectivity index (χ2n) is 6.24. The number of carbonyl (C=O) groups is 1. The van der Waals surface area contributed by atoms with Crippen molar-refractivity contribution >= 4 is 27.8 Å². The summed E-state index contributed by atoms with van der Waals surface area (Å²) in [6, 6.07) is 5.93. The number of aryl methyl sites for hydroxylation is 2. The van der Waals surface area contributed by atoms with Gasteiger partial charge in [-0.3, -0.25) is 10.1 Å². The van der Waals surface area contributed by atoms with Crippen molar-refractivity contribution in [3.8, 4) is 0 Å². The van der Waals surface area contributed by atoms with E-state index in [-0.39, 0.29) is 5.91 Å². The van der Waals surface area contributed by atoms with Crippen LogP contribution in [0.1, 0.15) is 35.7 Å². The fourth-order valence-corrected chi connectivity index (χ4v) is 3.44. The zero-order valence-corrected chi connectivity index (χ0v) is 15.6. The SMILES string of the molecule is Cc1cc(Br)ccc1CC(=O)Nc1nc(C2CCNCC2)nn1C. The maximum Gasteiger partial charge on any atom is 0.231 e. The second kappa shape index (κ2) is 7.44. The highest BCUT2D eigenvalue weighted by atomic mass is 79.9. The summed E-state index contributed by atoms with van der Waals surface area (Å²) in [5, 5.41) is 10.7. The van der Waals surface area contributed by atoms with Crippen LogP contribution in [0.5, 0.6) is 0 Å². The van der Waals surface area contributed by atoms with Crippen LogP contribution in [0.25, 0.3) is 0 Å². The molecule has 24 heavy (non-hydrogen) atoms. The van der Waals surface area contributed by atoms with Crippen LogP contribution >= 0.6 is 15.9 Å². The predicted octanol–water partition coefficient (Wildman–Crippen LogP) is 2.53. The molecule has 0 saturated carbocycles. The summed E-state index contributed by atoms with van der Waals surface area (Å²) in [5.74, 6) is 1.64. The highest BCUT2D eigenvalue weighted by Crippen LogP contribution is 2.23.